The molecule has 1 heterocycles. The number of hydrogen-bond donors (Lipinski definition) is 1. The monoisotopic (exact) mass is 245 g/mol. The van der Waals surface area contributed by atoms with Gasteiger partial charge in [0.25, 0.3) is 0 Å². The molecule has 1 N–H and O–H groups in total. The van der Waals surface area contributed by atoms with E-state index >= 15 is 0 Å². The van der Waals surface area contributed by atoms with Gasteiger partial charge in [0.15, 0.2) is 5.82 Å². The van der Waals surface area contributed by atoms with Crippen molar-refractivity contribution >= 4 is 0 Å². The van der Waals surface area contributed by atoms with Crippen LogP contribution in [-0.2, 0) is 6.54 Å². The van der Waals surface area contributed by atoms with Gasteiger partial charge < -0.3 is 5.32 Å². The fraction of sp³-hybridized carbons (Fsp3) is 0.286. The Bertz CT molecular complexity index is 514. The molecule has 0 spiro atoms. The van der Waals surface area contributed by atoms with Crippen LogP contribution < -0.4 is 5.32 Å². The molecule has 2 aromatic rings. The standard InChI is InChI=1S/C14H16FN3/c1-2-7-16-10-13-6-8-17-14(18-13)11-4-3-5-12(15)9-11/h3-6,8-9,16H,2,7,10H2,1H3. The fourth-order valence-electron chi connectivity index (χ4n) is 1.65. The fourth-order valence-corrected chi connectivity index (χ4v) is 1.65. The van der Waals surface area contributed by atoms with Gasteiger partial charge in [-0.15, -0.1) is 0 Å². The first-order valence-electron chi connectivity index (χ1n) is 6.08. The van der Waals surface area contributed by atoms with E-state index in [-0.39, 0.29) is 5.82 Å². The molecule has 0 saturated heterocycles. The number of rotatable bonds is 5. The van der Waals surface area contributed by atoms with Gasteiger partial charge in [0.1, 0.15) is 5.82 Å². The average molecular weight is 245 g/mol. The average Bonchev–Trinajstić information content (AvgIpc) is 2.39. The highest BCUT2D eigenvalue weighted by molar-refractivity contribution is 5.54. The number of aromatic nitrogens is 2. The third-order valence-corrected chi connectivity index (χ3v) is 2.53. The van der Waals surface area contributed by atoms with Crippen molar-refractivity contribution in [1.82, 2.24) is 15.3 Å². The summed E-state index contributed by atoms with van der Waals surface area (Å²) in [5, 5.41) is 3.28. The predicted molar refractivity (Wildman–Crippen MR) is 69.4 cm³/mol. The second-order valence-electron chi connectivity index (χ2n) is 4.06. The largest absolute Gasteiger partial charge is 0.311 e. The molecule has 0 radical (unpaired) electrons. The van der Waals surface area contributed by atoms with E-state index in [1.807, 2.05) is 12.1 Å². The van der Waals surface area contributed by atoms with E-state index in [0.29, 0.717) is 17.9 Å². The van der Waals surface area contributed by atoms with E-state index < -0.39 is 0 Å². The van der Waals surface area contributed by atoms with Crippen LogP contribution in [0.5, 0.6) is 0 Å². The summed E-state index contributed by atoms with van der Waals surface area (Å²) >= 11 is 0. The molecule has 4 heteroatoms. The van der Waals surface area contributed by atoms with Gasteiger partial charge in [0.2, 0.25) is 0 Å². The number of nitrogens with zero attached hydrogens (tertiary/aromatic N) is 2. The number of benzene rings is 1. The van der Waals surface area contributed by atoms with Gasteiger partial charge in [-0.25, -0.2) is 14.4 Å². The van der Waals surface area contributed by atoms with Crippen LogP contribution in [0.25, 0.3) is 11.4 Å². The van der Waals surface area contributed by atoms with Crippen LogP contribution in [0.15, 0.2) is 36.5 Å². The number of nitrogens with one attached hydrogen (secondary N) is 1. The lowest BCUT2D eigenvalue weighted by atomic mass is 10.2. The van der Waals surface area contributed by atoms with Crippen LogP contribution in [0, 0.1) is 5.82 Å². The van der Waals surface area contributed by atoms with Crippen LogP contribution in [0.1, 0.15) is 19.0 Å². The van der Waals surface area contributed by atoms with Gasteiger partial charge >= 0.3 is 0 Å². The van der Waals surface area contributed by atoms with E-state index in [2.05, 4.69) is 22.2 Å². The first-order valence-corrected chi connectivity index (χ1v) is 6.08. The normalized spacial score (nSPS) is 10.6. The Hall–Kier alpha value is -1.81. The van der Waals surface area contributed by atoms with Gasteiger partial charge in [0.05, 0.1) is 5.69 Å². The number of hydrogen-bond acceptors (Lipinski definition) is 3. The Balaban J connectivity index is 2.16. The summed E-state index contributed by atoms with van der Waals surface area (Å²) in [5.41, 5.74) is 1.62. The molecule has 2 rings (SSSR count). The third-order valence-electron chi connectivity index (χ3n) is 2.53. The van der Waals surface area contributed by atoms with Gasteiger partial charge in [0, 0.05) is 18.3 Å². The smallest absolute Gasteiger partial charge is 0.159 e. The highest BCUT2D eigenvalue weighted by Gasteiger charge is 2.03. The summed E-state index contributed by atoms with van der Waals surface area (Å²) in [7, 11) is 0. The van der Waals surface area contributed by atoms with Crippen molar-refractivity contribution in [3.63, 3.8) is 0 Å². The summed E-state index contributed by atoms with van der Waals surface area (Å²) in [5.74, 6) is 0.288. The molecule has 18 heavy (non-hydrogen) atoms. The van der Waals surface area contributed by atoms with Crippen molar-refractivity contribution in [3.8, 4) is 11.4 Å². The highest BCUT2D eigenvalue weighted by Crippen LogP contribution is 2.15. The Morgan fingerprint density at radius 3 is 2.94 bits per heavy atom. The topological polar surface area (TPSA) is 37.8 Å². The maximum Gasteiger partial charge on any atom is 0.159 e. The highest BCUT2D eigenvalue weighted by atomic mass is 19.1. The third kappa shape index (κ3) is 3.34. The van der Waals surface area contributed by atoms with Gasteiger partial charge in [-0.3, -0.25) is 0 Å². The SMILES string of the molecule is CCCNCc1ccnc(-c2cccc(F)c2)n1. The molecule has 0 saturated carbocycles. The quantitative estimate of drug-likeness (QED) is 0.823. The van der Waals surface area contributed by atoms with Crippen LogP contribution >= 0.6 is 0 Å². The van der Waals surface area contributed by atoms with Crippen LogP contribution in [0.2, 0.25) is 0 Å². The second kappa shape index (κ2) is 6.21. The molecule has 0 aliphatic rings. The lowest BCUT2D eigenvalue weighted by Crippen LogP contribution is -2.15. The molecule has 3 nitrogen and oxygen atoms in total. The molecule has 0 bridgehead atoms. The first kappa shape index (κ1) is 12.6. The zero-order chi connectivity index (χ0) is 12.8. The van der Waals surface area contributed by atoms with E-state index in [0.717, 1.165) is 18.7 Å². The Morgan fingerprint density at radius 2 is 2.17 bits per heavy atom. The van der Waals surface area contributed by atoms with E-state index in [1.165, 1.54) is 12.1 Å². The Kier molecular flexibility index (Phi) is 4.36. The minimum absolute atomic E-state index is 0.273. The summed E-state index contributed by atoms with van der Waals surface area (Å²) in [6.07, 6.45) is 2.79. The van der Waals surface area contributed by atoms with Crippen LogP contribution in [0.3, 0.4) is 0 Å². The second-order valence-corrected chi connectivity index (χ2v) is 4.06. The zero-order valence-corrected chi connectivity index (χ0v) is 10.4. The van der Waals surface area contributed by atoms with Crippen molar-refractivity contribution in [2.24, 2.45) is 0 Å². The molecule has 1 aromatic heterocycles. The molecular formula is C14H16FN3. The molecule has 0 atom stereocenters. The molecule has 0 unspecified atom stereocenters. The molecule has 0 fully saturated rings. The van der Waals surface area contributed by atoms with Gasteiger partial charge in [-0.2, -0.15) is 0 Å². The van der Waals surface area contributed by atoms with Crippen molar-refractivity contribution in [3.05, 3.63) is 48.0 Å². The lowest BCUT2D eigenvalue weighted by molar-refractivity contribution is 0.628. The molecule has 1 aromatic carbocycles. The molecule has 0 amide bonds. The van der Waals surface area contributed by atoms with Crippen molar-refractivity contribution in [1.29, 1.82) is 0 Å². The van der Waals surface area contributed by atoms with Gasteiger partial charge in [-0.1, -0.05) is 19.1 Å². The molecular weight excluding hydrogens is 229 g/mol. The Labute approximate surface area is 106 Å². The van der Waals surface area contributed by atoms with Crippen LogP contribution in [-0.4, -0.2) is 16.5 Å². The first-order chi connectivity index (χ1) is 8.79. The number of halogens is 1. The molecule has 94 valence electrons. The lowest BCUT2D eigenvalue weighted by Gasteiger charge is -2.05. The molecule has 0 aliphatic heterocycles. The summed E-state index contributed by atoms with van der Waals surface area (Å²) < 4.78 is 13.1. The summed E-state index contributed by atoms with van der Waals surface area (Å²) in [6.45, 7) is 3.78. The molecule has 0 aliphatic carbocycles. The van der Waals surface area contributed by atoms with Crippen LogP contribution in [0.4, 0.5) is 4.39 Å². The predicted octanol–water partition coefficient (Wildman–Crippen LogP) is 2.78. The van der Waals surface area contributed by atoms with Crippen molar-refractivity contribution < 1.29 is 4.39 Å². The van der Waals surface area contributed by atoms with Crippen molar-refractivity contribution in [2.45, 2.75) is 19.9 Å². The van der Waals surface area contributed by atoms with E-state index in [1.54, 1.807) is 12.3 Å². The Morgan fingerprint density at radius 1 is 1.28 bits per heavy atom. The minimum Gasteiger partial charge on any atom is -0.311 e. The summed E-state index contributed by atoms with van der Waals surface area (Å²) in [6, 6.07) is 8.19. The van der Waals surface area contributed by atoms with E-state index in [9.17, 15) is 4.39 Å². The van der Waals surface area contributed by atoms with E-state index in [4.69, 9.17) is 0 Å². The summed E-state index contributed by atoms with van der Waals surface area (Å²) in [4.78, 5) is 8.59. The zero-order valence-electron chi connectivity index (χ0n) is 10.4. The maximum atomic E-state index is 13.1. The maximum absolute atomic E-state index is 13.1. The van der Waals surface area contributed by atoms with Gasteiger partial charge in [-0.05, 0) is 31.2 Å². The minimum atomic E-state index is -0.273. The van der Waals surface area contributed by atoms with Crippen molar-refractivity contribution in [2.75, 3.05) is 6.54 Å².